The molecule has 0 aliphatic carbocycles. The monoisotopic (exact) mass is 285 g/mol. The van der Waals surface area contributed by atoms with E-state index in [1.165, 1.54) is 0 Å². The van der Waals surface area contributed by atoms with Crippen LogP contribution < -0.4 is 10.6 Å². The first kappa shape index (κ1) is 15.9. The highest BCUT2D eigenvalue weighted by Crippen LogP contribution is 2.14. The van der Waals surface area contributed by atoms with Gasteiger partial charge in [0.05, 0.1) is 0 Å². The summed E-state index contributed by atoms with van der Waals surface area (Å²) in [4.78, 5) is 46.6. The van der Waals surface area contributed by atoms with Gasteiger partial charge in [0, 0.05) is 12.0 Å². The largest absolute Gasteiger partial charge is 0.480 e. The molecule has 1 rings (SSSR count). The highest BCUT2D eigenvalue weighted by atomic mass is 16.4. The first-order valence-corrected chi connectivity index (χ1v) is 6.25. The van der Waals surface area contributed by atoms with Gasteiger partial charge in [-0.1, -0.05) is 0 Å². The van der Waals surface area contributed by atoms with Crippen LogP contribution in [0.1, 0.15) is 33.6 Å². The van der Waals surface area contributed by atoms with E-state index >= 15 is 0 Å². The maximum Gasteiger partial charge on any atom is 0.323 e. The molecule has 1 aliphatic rings. The summed E-state index contributed by atoms with van der Waals surface area (Å²) in [5, 5.41) is 13.4. The number of rotatable bonds is 3. The van der Waals surface area contributed by atoms with Gasteiger partial charge in [-0.2, -0.15) is 0 Å². The van der Waals surface area contributed by atoms with Crippen molar-refractivity contribution < 1.29 is 24.3 Å². The number of carboxylic acid groups (broad SMARTS) is 1. The second-order valence-corrected chi connectivity index (χ2v) is 5.60. The van der Waals surface area contributed by atoms with E-state index in [-0.39, 0.29) is 18.7 Å². The normalized spacial score (nSPS) is 19.2. The molecule has 8 nitrogen and oxygen atoms in total. The molecular weight excluding hydrogens is 266 g/mol. The van der Waals surface area contributed by atoms with Crippen LogP contribution in [0.2, 0.25) is 0 Å². The van der Waals surface area contributed by atoms with Crippen molar-refractivity contribution in [2.75, 3.05) is 6.54 Å². The van der Waals surface area contributed by atoms with Gasteiger partial charge in [0.25, 0.3) is 0 Å². The molecule has 0 radical (unpaired) electrons. The average Bonchev–Trinajstić information content (AvgIpc) is 2.28. The van der Waals surface area contributed by atoms with Gasteiger partial charge >= 0.3 is 12.0 Å². The van der Waals surface area contributed by atoms with Crippen molar-refractivity contribution in [1.29, 1.82) is 0 Å². The van der Waals surface area contributed by atoms with Gasteiger partial charge in [-0.15, -0.1) is 0 Å². The minimum Gasteiger partial charge on any atom is -0.480 e. The van der Waals surface area contributed by atoms with Gasteiger partial charge in [0.15, 0.2) is 0 Å². The molecule has 1 heterocycles. The van der Waals surface area contributed by atoms with E-state index < -0.39 is 36.0 Å². The lowest BCUT2D eigenvalue weighted by atomic mass is 10.1. The number of piperidine rings is 1. The molecule has 1 atom stereocenters. The van der Waals surface area contributed by atoms with E-state index in [9.17, 15) is 19.2 Å². The second kappa shape index (κ2) is 5.89. The van der Waals surface area contributed by atoms with E-state index in [2.05, 4.69) is 10.6 Å². The molecule has 1 aliphatic heterocycles. The summed E-state index contributed by atoms with van der Waals surface area (Å²) in [6.07, 6.45) is 0.354. The van der Waals surface area contributed by atoms with Crippen LogP contribution in [-0.4, -0.2) is 51.9 Å². The summed E-state index contributed by atoms with van der Waals surface area (Å²) in [5.41, 5.74) is -0.705. The van der Waals surface area contributed by atoms with Crippen LogP contribution in [0.25, 0.3) is 0 Å². The molecular formula is C12H19N3O5. The molecule has 0 bridgehead atoms. The SMILES string of the molecule is CC(C)(C)N(CC(=O)O)C(=O)NC1CCC(=O)NC1=O. The minimum atomic E-state index is -1.14. The lowest BCUT2D eigenvalue weighted by Gasteiger charge is -2.35. The van der Waals surface area contributed by atoms with Gasteiger partial charge in [-0.05, 0) is 27.2 Å². The zero-order chi connectivity index (χ0) is 15.5. The highest BCUT2D eigenvalue weighted by molar-refractivity contribution is 6.01. The second-order valence-electron chi connectivity index (χ2n) is 5.60. The number of hydrogen-bond donors (Lipinski definition) is 3. The van der Waals surface area contributed by atoms with E-state index in [1.54, 1.807) is 20.8 Å². The quantitative estimate of drug-likeness (QED) is 0.615. The number of hydrogen-bond acceptors (Lipinski definition) is 4. The third-order valence-electron chi connectivity index (χ3n) is 2.89. The van der Waals surface area contributed by atoms with E-state index in [1.807, 2.05) is 0 Å². The number of nitrogens with one attached hydrogen (secondary N) is 2. The van der Waals surface area contributed by atoms with Crippen molar-refractivity contribution in [2.24, 2.45) is 0 Å². The molecule has 1 unspecified atom stereocenters. The Morgan fingerprint density at radius 2 is 2.00 bits per heavy atom. The Labute approximate surface area is 116 Å². The molecule has 1 saturated heterocycles. The standard InChI is InChI=1S/C12H19N3O5/c1-12(2,3)15(6-9(17)18)11(20)13-7-4-5-8(16)14-10(7)19/h7H,4-6H2,1-3H3,(H,13,20)(H,17,18)(H,14,16,19). The van der Waals surface area contributed by atoms with Crippen molar-refractivity contribution in [3.8, 4) is 0 Å². The van der Waals surface area contributed by atoms with Crippen molar-refractivity contribution >= 4 is 23.8 Å². The van der Waals surface area contributed by atoms with Crippen LogP contribution in [-0.2, 0) is 14.4 Å². The Hall–Kier alpha value is -2.12. The van der Waals surface area contributed by atoms with Crippen molar-refractivity contribution in [3.63, 3.8) is 0 Å². The number of carboxylic acids is 1. The van der Waals surface area contributed by atoms with E-state index in [4.69, 9.17) is 5.11 Å². The molecule has 0 aromatic rings. The molecule has 0 saturated carbocycles. The lowest BCUT2D eigenvalue weighted by molar-refractivity contribution is -0.138. The van der Waals surface area contributed by atoms with Crippen LogP contribution in [0.4, 0.5) is 4.79 Å². The number of imide groups is 1. The molecule has 8 heteroatoms. The zero-order valence-corrected chi connectivity index (χ0v) is 11.7. The van der Waals surface area contributed by atoms with Crippen LogP contribution >= 0.6 is 0 Å². The molecule has 3 N–H and O–H groups in total. The third kappa shape index (κ3) is 4.22. The topological polar surface area (TPSA) is 116 Å². The Morgan fingerprint density at radius 1 is 1.40 bits per heavy atom. The Kier molecular flexibility index (Phi) is 4.69. The lowest BCUT2D eigenvalue weighted by Crippen LogP contribution is -2.58. The van der Waals surface area contributed by atoms with Gasteiger partial charge in [0.2, 0.25) is 11.8 Å². The van der Waals surface area contributed by atoms with Crippen molar-refractivity contribution in [1.82, 2.24) is 15.5 Å². The zero-order valence-electron chi connectivity index (χ0n) is 11.7. The first-order valence-electron chi connectivity index (χ1n) is 6.25. The van der Waals surface area contributed by atoms with Gasteiger partial charge in [-0.25, -0.2) is 4.79 Å². The van der Waals surface area contributed by atoms with Crippen LogP contribution in [0.5, 0.6) is 0 Å². The van der Waals surface area contributed by atoms with Gasteiger partial charge < -0.3 is 15.3 Å². The minimum absolute atomic E-state index is 0.144. The number of aliphatic carboxylic acids is 1. The smallest absolute Gasteiger partial charge is 0.323 e. The third-order valence-corrected chi connectivity index (χ3v) is 2.89. The number of carbonyl (C=O) groups is 4. The first-order chi connectivity index (χ1) is 9.11. The van der Waals surface area contributed by atoms with Crippen LogP contribution in [0, 0.1) is 0 Å². The molecule has 4 amide bonds. The maximum atomic E-state index is 12.1. The summed E-state index contributed by atoms with van der Waals surface area (Å²) in [6, 6.07) is -1.46. The summed E-state index contributed by atoms with van der Waals surface area (Å²) in [7, 11) is 0. The molecule has 0 spiro atoms. The summed E-state index contributed by atoms with van der Waals surface area (Å²) >= 11 is 0. The fraction of sp³-hybridized carbons (Fsp3) is 0.667. The summed E-state index contributed by atoms with van der Waals surface area (Å²) in [5.74, 6) is -2.09. The van der Waals surface area contributed by atoms with Crippen LogP contribution in [0.3, 0.4) is 0 Å². The van der Waals surface area contributed by atoms with Gasteiger partial charge in [0.1, 0.15) is 12.6 Å². The summed E-state index contributed by atoms with van der Waals surface area (Å²) in [6.45, 7) is 4.61. The average molecular weight is 285 g/mol. The van der Waals surface area contributed by atoms with Crippen molar-refractivity contribution in [2.45, 2.75) is 45.2 Å². The van der Waals surface area contributed by atoms with E-state index in [0.717, 1.165) is 4.90 Å². The van der Waals surface area contributed by atoms with Crippen LogP contribution in [0.15, 0.2) is 0 Å². The van der Waals surface area contributed by atoms with Gasteiger partial charge in [-0.3, -0.25) is 19.7 Å². The Morgan fingerprint density at radius 3 is 2.45 bits per heavy atom. The van der Waals surface area contributed by atoms with Crippen molar-refractivity contribution in [3.05, 3.63) is 0 Å². The molecule has 20 heavy (non-hydrogen) atoms. The number of carbonyl (C=O) groups excluding carboxylic acids is 3. The Bertz CT molecular complexity index is 441. The number of urea groups is 1. The number of amides is 4. The fourth-order valence-corrected chi connectivity index (χ4v) is 1.81. The fourth-order valence-electron chi connectivity index (χ4n) is 1.81. The Balaban J connectivity index is 2.73. The predicted octanol–water partition coefficient (Wildman–Crippen LogP) is -0.314. The van der Waals surface area contributed by atoms with E-state index in [0.29, 0.717) is 0 Å². The summed E-state index contributed by atoms with van der Waals surface area (Å²) < 4.78 is 0. The maximum absolute atomic E-state index is 12.1. The highest BCUT2D eigenvalue weighted by Gasteiger charge is 2.33. The predicted molar refractivity (Wildman–Crippen MR) is 68.8 cm³/mol. The molecule has 112 valence electrons. The molecule has 1 fully saturated rings. The molecule has 0 aromatic carbocycles. The molecule has 0 aromatic heterocycles. The number of nitrogens with zero attached hydrogens (tertiary/aromatic N) is 1.